The highest BCUT2D eigenvalue weighted by Crippen LogP contribution is 2.20. The fourth-order valence-corrected chi connectivity index (χ4v) is 1.37. The van der Waals surface area contributed by atoms with Crippen molar-refractivity contribution < 1.29 is 4.52 Å². The second-order valence-corrected chi connectivity index (χ2v) is 3.38. The van der Waals surface area contributed by atoms with Crippen LogP contribution >= 0.6 is 11.6 Å². The summed E-state index contributed by atoms with van der Waals surface area (Å²) in [6, 6.07) is 1.68. The third-order valence-electron chi connectivity index (χ3n) is 1.86. The Balaban J connectivity index is 2.24. The van der Waals surface area contributed by atoms with Crippen LogP contribution in [-0.4, -0.2) is 14.9 Å². The van der Waals surface area contributed by atoms with Gasteiger partial charge in [0.1, 0.15) is 5.69 Å². The van der Waals surface area contributed by atoms with E-state index in [1.807, 2.05) is 10.9 Å². The summed E-state index contributed by atoms with van der Waals surface area (Å²) in [7, 11) is 0. The molecule has 0 aliphatic carbocycles. The third-order valence-corrected chi connectivity index (χ3v) is 2.04. The maximum atomic E-state index is 5.62. The van der Waals surface area contributed by atoms with E-state index in [1.165, 1.54) is 0 Å². The lowest BCUT2D eigenvalue weighted by atomic mass is 10.3. The summed E-state index contributed by atoms with van der Waals surface area (Å²) >= 11 is 5.62. The van der Waals surface area contributed by atoms with Gasteiger partial charge in [0.15, 0.2) is 0 Å². The molecule has 2 aromatic rings. The van der Waals surface area contributed by atoms with Crippen molar-refractivity contribution >= 4 is 11.6 Å². The van der Waals surface area contributed by atoms with Crippen molar-refractivity contribution in [3.05, 3.63) is 23.7 Å². The lowest BCUT2D eigenvalue weighted by molar-refractivity contribution is 0.424. The van der Waals surface area contributed by atoms with Crippen molar-refractivity contribution in [2.45, 2.75) is 19.9 Å². The minimum atomic E-state index is 0.295. The quantitative estimate of drug-likeness (QED) is 0.784. The summed E-state index contributed by atoms with van der Waals surface area (Å²) in [6.45, 7) is 3.01. The van der Waals surface area contributed by atoms with Crippen LogP contribution in [0, 0.1) is 0 Å². The average Bonchev–Trinajstić information content (AvgIpc) is 2.74. The van der Waals surface area contributed by atoms with Crippen LogP contribution in [-0.2, 0) is 6.54 Å². The van der Waals surface area contributed by atoms with Gasteiger partial charge in [-0.15, -0.1) is 0 Å². The van der Waals surface area contributed by atoms with Crippen molar-refractivity contribution in [2.75, 3.05) is 0 Å². The molecule has 5 heteroatoms. The van der Waals surface area contributed by atoms with Crippen LogP contribution in [0.3, 0.4) is 0 Å². The van der Waals surface area contributed by atoms with E-state index in [9.17, 15) is 0 Å². The van der Waals surface area contributed by atoms with Crippen molar-refractivity contribution in [1.82, 2.24) is 14.9 Å². The van der Waals surface area contributed by atoms with Crippen LogP contribution in [0.15, 0.2) is 23.0 Å². The monoisotopic (exact) mass is 211 g/mol. The maximum absolute atomic E-state index is 5.62. The van der Waals surface area contributed by atoms with E-state index in [4.69, 9.17) is 16.1 Å². The Labute approximate surface area is 86.5 Å². The molecule has 4 nitrogen and oxygen atoms in total. The Morgan fingerprint density at radius 3 is 3.07 bits per heavy atom. The van der Waals surface area contributed by atoms with Crippen LogP contribution in [0.2, 0.25) is 5.22 Å². The molecule has 0 aromatic carbocycles. The zero-order valence-corrected chi connectivity index (χ0v) is 8.53. The molecular weight excluding hydrogens is 202 g/mol. The third kappa shape index (κ3) is 1.80. The summed E-state index contributed by atoms with van der Waals surface area (Å²) in [4.78, 5) is 0. The summed E-state index contributed by atoms with van der Waals surface area (Å²) < 4.78 is 6.64. The molecule has 2 heterocycles. The van der Waals surface area contributed by atoms with E-state index in [1.54, 1.807) is 12.3 Å². The predicted molar refractivity (Wildman–Crippen MR) is 53.0 cm³/mol. The van der Waals surface area contributed by atoms with Gasteiger partial charge in [-0.3, -0.25) is 4.68 Å². The number of nitrogens with zero attached hydrogens (tertiary/aromatic N) is 3. The Kier molecular flexibility index (Phi) is 2.54. The number of halogens is 1. The molecule has 0 radical (unpaired) electrons. The van der Waals surface area contributed by atoms with Gasteiger partial charge >= 0.3 is 0 Å². The van der Waals surface area contributed by atoms with E-state index in [-0.39, 0.29) is 0 Å². The molecule has 2 rings (SSSR count). The van der Waals surface area contributed by atoms with Crippen LogP contribution in [0.1, 0.15) is 13.3 Å². The summed E-state index contributed by atoms with van der Waals surface area (Å²) in [5, 5.41) is 8.28. The minimum Gasteiger partial charge on any atom is -0.344 e. The minimum absolute atomic E-state index is 0.295. The molecule has 2 aromatic heterocycles. The highest BCUT2D eigenvalue weighted by molar-refractivity contribution is 6.29. The average molecular weight is 212 g/mol. The van der Waals surface area contributed by atoms with Gasteiger partial charge in [0.25, 0.3) is 0 Å². The van der Waals surface area contributed by atoms with E-state index in [0.717, 1.165) is 24.2 Å². The molecule has 0 aliphatic heterocycles. The van der Waals surface area contributed by atoms with Gasteiger partial charge < -0.3 is 4.52 Å². The first-order valence-corrected chi connectivity index (χ1v) is 4.82. The standard InChI is InChI=1S/C9H10ClN3O/c1-2-3-13-6-7(5-11-13)8-4-9(10)14-12-8/h4-6H,2-3H2,1H3. The SMILES string of the molecule is CCCn1cc(-c2cc(Cl)on2)cn1. The van der Waals surface area contributed by atoms with Gasteiger partial charge in [0, 0.05) is 24.4 Å². The van der Waals surface area contributed by atoms with Gasteiger partial charge in [-0.2, -0.15) is 5.10 Å². The molecule has 0 unspecified atom stereocenters. The normalized spacial score (nSPS) is 10.7. The number of aryl methyl sites for hydroxylation is 1. The van der Waals surface area contributed by atoms with Gasteiger partial charge in [-0.05, 0) is 18.0 Å². The largest absolute Gasteiger partial charge is 0.344 e. The van der Waals surface area contributed by atoms with E-state index in [2.05, 4.69) is 17.2 Å². The fourth-order valence-electron chi connectivity index (χ4n) is 1.24. The number of hydrogen-bond donors (Lipinski definition) is 0. The molecular formula is C9H10ClN3O. The lowest BCUT2D eigenvalue weighted by Crippen LogP contribution is -1.95. The molecule has 0 fully saturated rings. The maximum Gasteiger partial charge on any atom is 0.226 e. The summed E-state index contributed by atoms with van der Waals surface area (Å²) in [5.74, 6) is 0. The van der Waals surface area contributed by atoms with Crippen LogP contribution in [0.25, 0.3) is 11.3 Å². The first-order valence-electron chi connectivity index (χ1n) is 4.44. The molecule has 0 saturated heterocycles. The summed E-state index contributed by atoms with van der Waals surface area (Å²) in [6.07, 6.45) is 4.74. The molecule has 74 valence electrons. The Morgan fingerprint density at radius 2 is 2.43 bits per heavy atom. The molecule has 0 spiro atoms. The van der Waals surface area contributed by atoms with Gasteiger partial charge in [0.05, 0.1) is 6.20 Å². The van der Waals surface area contributed by atoms with Crippen LogP contribution in [0.4, 0.5) is 0 Å². The summed E-state index contributed by atoms with van der Waals surface area (Å²) in [5.41, 5.74) is 1.64. The first kappa shape index (κ1) is 9.27. The molecule has 0 saturated carbocycles. The number of hydrogen-bond acceptors (Lipinski definition) is 3. The second kappa shape index (κ2) is 3.84. The van der Waals surface area contributed by atoms with Crippen molar-refractivity contribution in [3.63, 3.8) is 0 Å². The molecule has 0 atom stereocenters. The smallest absolute Gasteiger partial charge is 0.226 e. The van der Waals surface area contributed by atoms with E-state index < -0.39 is 0 Å². The van der Waals surface area contributed by atoms with Crippen molar-refractivity contribution in [1.29, 1.82) is 0 Å². The Bertz CT molecular complexity index is 421. The second-order valence-electron chi connectivity index (χ2n) is 3.01. The molecule has 0 N–H and O–H groups in total. The Hall–Kier alpha value is -1.29. The topological polar surface area (TPSA) is 43.9 Å². The lowest BCUT2D eigenvalue weighted by Gasteiger charge is -1.93. The Morgan fingerprint density at radius 1 is 1.57 bits per heavy atom. The zero-order chi connectivity index (χ0) is 9.97. The van der Waals surface area contributed by atoms with Crippen molar-refractivity contribution in [3.8, 4) is 11.3 Å². The van der Waals surface area contributed by atoms with E-state index >= 15 is 0 Å². The highest BCUT2D eigenvalue weighted by Gasteiger charge is 2.06. The van der Waals surface area contributed by atoms with E-state index in [0.29, 0.717) is 5.22 Å². The van der Waals surface area contributed by atoms with Gasteiger partial charge in [-0.25, -0.2) is 0 Å². The van der Waals surface area contributed by atoms with Crippen molar-refractivity contribution in [2.24, 2.45) is 0 Å². The number of aromatic nitrogens is 3. The van der Waals surface area contributed by atoms with Gasteiger partial charge in [0.2, 0.25) is 5.22 Å². The zero-order valence-electron chi connectivity index (χ0n) is 7.77. The van der Waals surface area contributed by atoms with Gasteiger partial charge in [-0.1, -0.05) is 12.1 Å². The fraction of sp³-hybridized carbons (Fsp3) is 0.333. The highest BCUT2D eigenvalue weighted by atomic mass is 35.5. The van der Waals surface area contributed by atoms with Crippen LogP contribution in [0.5, 0.6) is 0 Å². The van der Waals surface area contributed by atoms with Crippen LogP contribution < -0.4 is 0 Å². The number of rotatable bonds is 3. The molecule has 0 amide bonds. The molecule has 14 heavy (non-hydrogen) atoms. The first-order chi connectivity index (χ1) is 6.79. The predicted octanol–water partition coefficient (Wildman–Crippen LogP) is 2.60. The molecule has 0 aliphatic rings. The molecule has 0 bridgehead atoms.